The van der Waals surface area contributed by atoms with Gasteiger partial charge in [0, 0.05) is 18.7 Å². The van der Waals surface area contributed by atoms with Gasteiger partial charge in [0.15, 0.2) is 0 Å². The van der Waals surface area contributed by atoms with Crippen LogP contribution in [0.2, 0.25) is 0 Å². The van der Waals surface area contributed by atoms with Crippen molar-refractivity contribution in [1.29, 1.82) is 0 Å². The number of hydrogen-bond donors (Lipinski definition) is 1. The number of alkyl halides is 3. The van der Waals surface area contributed by atoms with Crippen LogP contribution in [-0.4, -0.2) is 48.3 Å². The Bertz CT molecular complexity index is 817. The molecule has 3 rings (SSSR count). The molecular formula is C19H22F3N3O2S. The largest absolute Gasteiger partial charge is 0.573 e. The van der Waals surface area contributed by atoms with Crippen molar-refractivity contribution in [2.24, 2.45) is 0 Å². The van der Waals surface area contributed by atoms with E-state index in [-0.39, 0.29) is 11.7 Å². The maximum atomic E-state index is 12.5. The number of ether oxygens (including phenoxy) is 1. The Hall–Kier alpha value is -2.13. The third-order valence-electron chi connectivity index (χ3n) is 4.48. The van der Waals surface area contributed by atoms with Crippen molar-refractivity contribution in [2.75, 3.05) is 26.2 Å². The fourth-order valence-corrected chi connectivity index (χ4v) is 4.13. The Kier molecular flexibility index (Phi) is 6.56. The van der Waals surface area contributed by atoms with E-state index in [1.54, 1.807) is 13.0 Å². The van der Waals surface area contributed by atoms with E-state index in [9.17, 15) is 18.0 Å². The molecule has 0 saturated carbocycles. The van der Waals surface area contributed by atoms with Gasteiger partial charge in [-0.3, -0.25) is 4.79 Å². The van der Waals surface area contributed by atoms with Crippen LogP contribution in [0.25, 0.3) is 10.6 Å². The standard InChI is InChI=1S/C19H22F3N3O2S/c1-13-16(17(26)23-8-11-25-9-3-2-4-10-25)28-18(24-13)14-6-5-7-15(12-14)27-19(20,21)22/h5-7,12H,2-4,8-11H2,1H3,(H,23,26). The quantitative estimate of drug-likeness (QED) is 0.770. The lowest BCUT2D eigenvalue weighted by Gasteiger charge is -2.26. The maximum Gasteiger partial charge on any atom is 0.573 e. The Morgan fingerprint density at radius 2 is 2.04 bits per heavy atom. The molecule has 1 saturated heterocycles. The number of carbonyl (C=O) groups is 1. The minimum Gasteiger partial charge on any atom is -0.406 e. The molecule has 2 heterocycles. The molecule has 1 aromatic carbocycles. The van der Waals surface area contributed by atoms with Crippen LogP contribution in [0.3, 0.4) is 0 Å². The number of likely N-dealkylation sites (tertiary alicyclic amines) is 1. The number of halogens is 3. The molecule has 0 atom stereocenters. The van der Waals surface area contributed by atoms with Gasteiger partial charge in [-0.2, -0.15) is 0 Å². The van der Waals surface area contributed by atoms with Crippen LogP contribution in [0.1, 0.15) is 34.6 Å². The van der Waals surface area contributed by atoms with Crippen LogP contribution in [-0.2, 0) is 0 Å². The molecule has 0 unspecified atom stereocenters. The van der Waals surface area contributed by atoms with Crippen molar-refractivity contribution in [3.05, 3.63) is 34.8 Å². The number of benzene rings is 1. The molecule has 0 aliphatic carbocycles. The molecule has 0 bridgehead atoms. The van der Waals surface area contributed by atoms with Crippen LogP contribution in [0.4, 0.5) is 13.2 Å². The van der Waals surface area contributed by atoms with E-state index >= 15 is 0 Å². The lowest BCUT2D eigenvalue weighted by molar-refractivity contribution is -0.274. The molecule has 1 aliphatic heterocycles. The van der Waals surface area contributed by atoms with Gasteiger partial charge in [-0.15, -0.1) is 24.5 Å². The average molecular weight is 413 g/mol. The van der Waals surface area contributed by atoms with Gasteiger partial charge in [-0.05, 0) is 45.0 Å². The van der Waals surface area contributed by atoms with Crippen LogP contribution < -0.4 is 10.1 Å². The highest BCUT2D eigenvalue weighted by molar-refractivity contribution is 7.17. The third-order valence-corrected chi connectivity index (χ3v) is 5.68. The molecule has 152 valence electrons. The Morgan fingerprint density at radius 3 is 2.75 bits per heavy atom. The molecule has 2 aromatic rings. The van der Waals surface area contributed by atoms with Gasteiger partial charge >= 0.3 is 6.36 Å². The zero-order valence-electron chi connectivity index (χ0n) is 15.5. The van der Waals surface area contributed by atoms with Crippen LogP contribution in [0.5, 0.6) is 5.75 Å². The van der Waals surface area contributed by atoms with E-state index in [1.807, 2.05) is 0 Å². The summed E-state index contributed by atoms with van der Waals surface area (Å²) in [6, 6.07) is 5.60. The summed E-state index contributed by atoms with van der Waals surface area (Å²) < 4.78 is 41.2. The molecule has 1 N–H and O–H groups in total. The Labute approximate surface area is 165 Å². The molecule has 28 heavy (non-hydrogen) atoms. The van der Waals surface area contributed by atoms with Gasteiger partial charge < -0.3 is 15.0 Å². The van der Waals surface area contributed by atoms with E-state index in [2.05, 4.69) is 19.9 Å². The number of amides is 1. The maximum absolute atomic E-state index is 12.5. The number of aryl methyl sites for hydroxylation is 1. The molecule has 1 amide bonds. The predicted octanol–water partition coefficient (Wildman–Crippen LogP) is 4.23. The predicted molar refractivity (Wildman–Crippen MR) is 102 cm³/mol. The van der Waals surface area contributed by atoms with Gasteiger partial charge in [0.2, 0.25) is 0 Å². The van der Waals surface area contributed by atoms with Gasteiger partial charge in [-0.1, -0.05) is 18.6 Å². The number of rotatable bonds is 6. The summed E-state index contributed by atoms with van der Waals surface area (Å²) in [5.41, 5.74) is 1.03. The second-order valence-electron chi connectivity index (χ2n) is 6.67. The van der Waals surface area contributed by atoms with Gasteiger partial charge in [0.1, 0.15) is 15.6 Å². The van der Waals surface area contributed by atoms with Gasteiger partial charge in [-0.25, -0.2) is 4.98 Å². The van der Waals surface area contributed by atoms with E-state index in [1.165, 1.54) is 37.5 Å². The van der Waals surface area contributed by atoms with Crippen molar-refractivity contribution < 1.29 is 22.7 Å². The average Bonchev–Trinajstić information content (AvgIpc) is 3.03. The van der Waals surface area contributed by atoms with Crippen molar-refractivity contribution in [3.63, 3.8) is 0 Å². The molecule has 0 radical (unpaired) electrons. The first kappa shape index (κ1) is 20.6. The highest BCUT2D eigenvalue weighted by Crippen LogP contribution is 2.31. The summed E-state index contributed by atoms with van der Waals surface area (Å²) in [5.74, 6) is -0.522. The lowest BCUT2D eigenvalue weighted by Crippen LogP contribution is -2.37. The van der Waals surface area contributed by atoms with Crippen molar-refractivity contribution in [1.82, 2.24) is 15.2 Å². The first-order chi connectivity index (χ1) is 13.3. The topological polar surface area (TPSA) is 54.5 Å². The monoisotopic (exact) mass is 413 g/mol. The fraction of sp³-hybridized carbons (Fsp3) is 0.474. The van der Waals surface area contributed by atoms with Crippen molar-refractivity contribution in [3.8, 4) is 16.3 Å². The number of piperidine rings is 1. The zero-order valence-corrected chi connectivity index (χ0v) is 16.3. The molecule has 1 aromatic heterocycles. The molecule has 5 nitrogen and oxygen atoms in total. The number of hydrogen-bond acceptors (Lipinski definition) is 5. The molecule has 0 spiro atoms. The van der Waals surface area contributed by atoms with E-state index in [0.717, 1.165) is 31.0 Å². The minimum absolute atomic E-state index is 0.207. The second kappa shape index (κ2) is 8.91. The lowest BCUT2D eigenvalue weighted by atomic mass is 10.1. The van der Waals surface area contributed by atoms with Crippen LogP contribution >= 0.6 is 11.3 Å². The fourth-order valence-electron chi connectivity index (χ4n) is 3.15. The molecular weight excluding hydrogens is 391 g/mol. The van der Waals surface area contributed by atoms with E-state index < -0.39 is 6.36 Å². The Balaban J connectivity index is 1.63. The van der Waals surface area contributed by atoms with Crippen LogP contribution in [0, 0.1) is 6.92 Å². The van der Waals surface area contributed by atoms with Crippen molar-refractivity contribution >= 4 is 17.2 Å². The second-order valence-corrected chi connectivity index (χ2v) is 7.67. The first-order valence-corrected chi connectivity index (χ1v) is 9.97. The third kappa shape index (κ3) is 5.68. The van der Waals surface area contributed by atoms with E-state index in [0.29, 0.717) is 27.7 Å². The van der Waals surface area contributed by atoms with Gasteiger partial charge in [0.05, 0.1) is 5.69 Å². The number of nitrogens with one attached hydrogen (secondary N) is 1. The highest BCUT2D eigenvalue weighted by Gasteiger charge is 2.31. The minimum atomic E-state index is -4.75. The highest BCUT2D eigenvalue weighted by atomic mass is 32.1. The van der Waals surface area contributed by atoms with Crippen molar-refractivity contribution in [2.45, 2.75) is 32.5 Å². The number of thiazole rings is 1. The summed E-state index contributed by atoms with van der Waals surface area (Å²) in [5, 5.41) is 3.39. The van der Waals surface area contributed by atoms with E-state index in [4.69, 9.17) is 0 Å². The number of carbonyl (C=O) groups excluding carboxylic acids is 1. The summed E-state index contributed by atoms with van der Waals surface area (Å²) in [6.45, 7) is 5.22. The molecule has 1 fully saturated rings. The smallest absolute Gasteiger partial charge is 0.406 e. The summed E-state index contributed by atoms with van der Waals surface area (Å²) in [4.78, 5) is 19.6. The van der Waals surface area contributed by atoms with Gasteiger partial charge in [0.25, 0.3) is 5.91 Å². The van der Waals surface area contributed by atoms with Crippen LogP contribution in [0.15, 0.2) is 24.3 Å². The summed E-state index contributed by atoms with van der Waals surface area (Å²) in [6.07, 6.45) is -1.09. The first-order valence-electron chi connectivity index (χ1n) is 9.16. The zero-order chi connectivity index (χ0) is 20.1. The summed E-state index contributed by atoms with van der Waals surface area (Å²) in [7, 11) is 0. The molecule has 9 heteroatoms. The molecule has 1 aliphatic rings. The Morgan fingerprint density at radius 1 is 1.29 bits per heavy atom. The number of aromatic nitrogens is 1. The SMILES string of the molecule is Cc1nc(-c2cccc(OC(F)(F)F)c2)sc1C(=O)NCCN1CCCCC1. The summed E-state index contributed by atoms with van der Waals surface area (Å²) >= 11 is 1.16. The number of nitrogens with zero attached hydrogens (tertiary/aromatic N) is 2. The normalized spacial score (nSPS) is 15.4.